The standard InChI is InChI=1S/C12H18N2O2S2/c1-8-10(18-11(13)14-8)17-9-2-4-16-12(6-9)3-5-15-7-12/h9H,2-7H2,1H3,(H2,13,14). The Kier molecular flexibility index (Phi) is 3.53. The van der Waals surface area contributed by atoms with Gasteiger partial charge in [0, 0.05) is 24.9 Å². The highest BCUT2D eigenvalue weighted by molar-refractivity contribution is 8.01. The van der Waals surface area contributed by atoms with E-state index in [4.69, 9.17) is 15.2 Å². The molecule has 3 rings (SSSR count). The number of aryl methyl sites for hydroxylation is 1. The highest BCUT2D eigenvalue weighted by atomic mass is 32.2. The zero-order chi connectivity index (χ0) is 12.6. The summed E-state index contributed by atoms with van der Waals surface area (Å²) in [6.07, 6.45) is 3.21. The Hall–Kier alpha value is -0.300. The number of ether oxygens (including phenoxy) is 2. The van der Waals surface area contributed by atoms with Crippen LogP contribution >= 0.6 is 23.1 Å². The fourth-order valence-corrected chi connectivity index (χ4v) is 5.15. The average Bonchev–Trinajstić information content (AvgIpc) is 2.88. The van der Waals surface area contributed by atoms with Crippen LogP contribution in [0.25, 0.3) is 0 Å². The maximum Gasteiger partial charge on any atom is 0.181 e. The molecular formula is C12H18N2O2S2. The number of anilines is 1. The Morgan fingerprint density at radius 3 is 3.06 bits per heavy atom. The van der Waals surface area contributed by atoms with Gasteiger partial charge in [-0.15, -0.1) is 11.8 Å². The third-order valence-electron chi connectivity index (χ3n) is 3.56. The number of nitrogen functional groups attached to an aromatic ring is 1. The first-order valence-electron chi connectivity index (χ1n) is 6.28. The predicted molar refractivity (Wildman–Crippen MR) is 74.3 cm³/mol. The predicted octanol–water partition coefficient (Wildman–Crippen LogP) is 2.46. The maximum absolute atomic E-state index is 5.95. The van der Waals surface area contributed by atoms with E-state index in [2.05, 4.69) is 4.98 Å². The van der Waals surface area contributed by atoms with Crippen molar-refractivity contribution in [1.82, 2.24) is 4.98 Å². The number of hydrogen-bond donors (Lipinski definition) is 1. The zero-order valence-corrected chi connectivity index (χ0v) is 12.1. The minimum atomic E-state index is -0.0138. The van der Waals surface area contributed by atoms with Gasteiger partial charge in [0.15, 0.2) is 5.13 Å². The summed E-state index contributed by atoms with van der Waals surface area (Å²) in [5.41, 5.74) is 6.80. The smallest absolute Gasteiger partial charge is 0.181 e. The number of nitrogens with zero attached hydrogens (tertiary/aromatic N) is 1. The van der Waals surface area contributed by atoms with Crippen molar-refractivity contribution in [3.8, 4) is 0 Å². The van der Waals surface area contributed by atoms with Crippen molar-refractivity contribution in [3.05, 3.63) is 5.69 Å². The lowest BCUT2D eigenvalue weighted by molar-refractivity contribution is -0.0769. The molecule has 0 saturated carbocycles. The number of rotatable bonds is 2. The molecule has 0 aromatic carbocycles. The van der Waals surface area contributed by atoms with Gasteiger partial charge in [-0.05, 0) is 19.8 Å². The van der Waals surface area contributed by atoms with E-state index < -0.39 is 0 Å². The van der Waals surface area contributed by atoms with Crippen molar-refractivity contribution >= 4 is 28.2 Å². The third kappa shape index (κ3) is 2.52. The molecule has 18 heavy (non-hydrogen) atoms. The molecule has 2 atom stereocenters. The summed E-state index contributed by atoms with van der Waals surface area (Å²) >= 11 is 3.51. The summed E-state index contributed by atoms with van der Waals surface area (Å²) in [6, 6.07) is 0. The molecule has 2 fully saturated rings. The van der Waals surface area contributed by atoms with Gasteiger partial charge in [-0.1, -0.05) is 11.3 Å². The van der Waals surface area contributed by atoms with E-state index in [0.717, 1.165) is 44.8 Å². The second-order valence-corrected chi connectivity index (χ2v) is 7.59. The van der Waals surface area contributed by atoms with Gasteiger partial charge in [-0.3, -0.25) is 0 Å². The van der Waals surface area contributed by atoms with Gasteiger partial charge in [0.25, 0.3) is 0 Å². The fourth-order valence-electron chi connectivity index (χ4n) is 2.61. The summed E-state index contributed by atoms with van der Waals surface area (Å²) in [6.45, 7) is 4.47. The van der Waals surface area contributed by atoms with Crippen LogP contribution < -0.4 is 5.73 Å². The van der Waals surface area contributed by atoms with Gasteiger partial charge >= 0.3 is 0 Å². The molecule has 6 heteroatoms. The first-order chi connectivity index (χ1) is 8.67. The summed E-state index contributed by atoms with van der Waals surface area (Å²) < 4.78 is 12.7. The van der Waals surface area contributed by atoms with Gasteiger partial charge in [0.1, 0.15) is 0 Å². The number of thiazole rings is 1. The maximum atomic E-state index is 5.95. The fraction of sp³-hybridized carbons (Fsp3) is 0.750. The minimum absolute atomic E-state index is 0.0138. The lowest BCUT2D eigenvalue weighted by Gasteiger charge is -2.36. The van der Waals surface area contributed by atoms with Crippen LogP contribution in [0.2, 0.25) is 0 Å². The Morgan fingerprint density at radius 1 is 1.50 bits per heavy atom. The van der Waals surface area contributed by atoms with Crippen molar-refractivity contribution in [2.45, 2.75) is 41.2 Å². The lowest BCUT2D eigenvalue weighted by atomic mass is 9.93. The molecule has 0 amide bonds. The molecule has 0 radical (unpaired) electrons. The van der Waals surface area contributed by atoms with E-state index in [9.17, 15) is 0 Å². The van der Waals surface area contributed by atoms with E-state index in [-0.39, 0.29) is 5.60 Å². The van der Waals surface area contributed by atoms with Crippen LogP contribution in [0, 0.1) is 6.92 Å². The van der Waals surface area contributed by atoms with Crippen LogP contribution in [0.4, 0.5) is 5.13 Å². The quantitative estimate of drug-likeness (QED) is 0.905. The molecule has 0 aliphatic carbocycles. The molecule has 2 aliphatic rings. The Bertz CT molecular complexity index is 430. The van der Waals surface area contributed by atoms with E-state index >= 15 is 0 Å². The molecule has 3 heterocycles. The summed E-state index contributed by atoms with van der Waals surface area (Å²) in [5.74, 6) is 0. The molecule has 2 saturated heterocycles. The third-order valence-corrected chi connectivity index (χ3v) is 6.12. The van der Waals surface area contributed by atoms with E-state index in [1.165, 1.54) is 4.21 Å². The monoisotopic (exact) mass is 286 g/mol. The van der Waals surface area contributed by atoms with Crippen LogP contribution in [0.5, 0.6) is 0 Å². The Balaban J connectivity index is 1.67. The Labute approximate surface area is 115 Å². The molecule has 2 unspecified atom stereocenters. The highest BCUT2D eigenvalue weighted by Gasteiger charge is 2.41. The molecule has 4 nitrogen and oxygen atoms in total. The van der Waals surface area contributed by atoms with Gasteiger partial charge in [-0.25, -0.2) is 4.98 Å². The van der Waals surface area contributed by atoms with E-state index in [1.54, 1.807) is 11.3 Å². The van der Waals surface area contributed by atoms with Crippen molar-refractivity contribution in [2.24, 2.45) is 0 Å². The zero-order valence-electron chi connectivity index (χ0n) is 10.5. The van der Waals surface area contributed by atoms with Crippen molar-refractivity contribution < 1.29 is 9.47 Å². The summed E-state index contributed by atoms with van der Waals surface area (Å²) in [4.78, 5) is 4.29. The molecule has 1 spiro atoms. The number of nitrogens with two attached hydrogens (primary N) is 1. The number of hydrogen-bond acceptors (Lipinski definition) is 6. The van der Waals surface area contributed by atoms with Crippen LogP contribution in [0.1, 0.15) is 25.0 Å². The van der Waals surface area contributed by atoms with Gasteiger partial charge in [0.2, 0.25) is 0 Å². The minimum Gasteiger partial charge on any atom is -0.378 e. The van der Waals surface area contributed by atoms with E-state index in [1.807, 2.05) is 18.7 Å². The molecule has 1 aromatic rings. The largest absolute Gasteiger partial charge is 0.378 e. The number of aromatic nitrogens is 1. The molecular weight excluding hydrogens is 268 g/mol. The van der Waals surface area contributed by atoms with Gasteiger partial charge < -0.3 is 15.2 Å². The van der Waals surface area contributed by atoms with Crippen molar-refractivity contribution in [2.75, 3.05) is 25.6 Å². The summed E-state index contributed by atoms with van der Waals surface area (Å²) in [7, 11) is 0. The van der Waals surface area contributed by atoms with E-state index in [0.29, 0.717) is 10.4 Å². The second kappa shape index (κ2) is 5.00. The molecule has 1 aromatic heterocycles. The second-order valence-electron chi connectivity index (χ2n) is 4.99. The topological polar surface area (TPSA) is 57.4 Å². The lowest BCUT2D eigenvalue weighted by Crippen LogP contribution is -2.41. The normalized spacial score (nSPS) is 32.2. The highest BCUT2D eigenvalue weighted by Crippen LogP contribution is 2.42. The molecule has 2 N–H and O–H groups in total. The van der Waals surface area contributed by atoms with Crippen LogP contribution in [-0.4, -0.2) is 35.7 Å². The first-order valence-corrected chi connectivity index (χ1v) is 7.98. The SMILES string of the molecule is Cc1nc(N)sc1SC1CCOC2(CCOC2)C1. The van der Waals surface area contributed by atoms with Crippen LogP contribution in [-0.2, 0) is 9.47 Å². The van der Waals surface area contributed by atoms with Gasteiger partial charge in [-0.2, -0.15) is 0 Å². The molecule has 0 bridgehead atoms. The Morgan fingerprint density at radius 2 is 2.39 bits per heavy atom. The van der Waals surface area contributed by atoms with Gasteiger partial charge in [0.05, 0.1) is 22.1 Å². The summed E-state index contributed by atoms with van der Waals surface area (Å²) in [5, 5.41) is 1.26. The molecule has 100 valence electrons. The average molecular weight is 286 g/mol. The van der Waals surface area contributed by atoms with Crippen LogP contribution in [0.3, 0.4) is 0 Å². The van der Waals surface area contributed by atoms with Crippen molar-refractivity contribution in [1.29, 1.82) is 0 Å². The van der Waals surface area contributed by atoms with Crippen molar-refractivity contribution in [3.63, 3.8) is 0 Å². The van der Waals surface area contributed by atoms with Crippen LogP contribution in [0.15, 0.2) is 4.21 Å². The first kappa shape index (κ1) is 12.7. The number of thioether (sulfide) groups is 1. The molecule has 2 aliphatic heterocycles.